The highest BCUT2D eigenvalue weighted by atomic mass is 35.5. The Morgan fingerprint density at radius 1 is 1.12 bits per heavy atom. The summed E-state index contributed by atoms with van der Waals surface area (Å²) in [4.78, 5) is 7.71. The van der Waals surface area contributed by atoms with Gasteiger partial charge in [0.2, 0.25) is 0 Å². The van der Waals surface area contributed by atoms with Crippen LogP contribution in [0.3, 0.4) is 0 Å². The van der Waals surface area contributed by atoms with Crippen LogP contribution >= 0.6 is 11.6 Å². The van der Waals surface area contributed by atoms with Gasteiger partial charge in [-0.15, -0.1) is 0 Å². The van der Waals surface area contributed by atoms with Crippen molar-refractivity contribution in [3.8, 4) is 11.1 Å². The molecule has 3 rings (SSSR count). The van der Waals surface area contributed by atoms with E-state index < -0.39 is 40.1 Å². The zero-order valence-electron chi connectivity index (χ0n) is 18.4. The van der Waals surface area contributed by atoms with Gasteiger partial charge in [0.1, 0.15) is 35.0 Å². The highest BCUT2D eigenvalue weighted by Crippen LogP contribution is 2.39. The van der Waals surface area contributed by atoms with Crippen LogP contribution in [0.25, 0.3) is 16.9 Å². The van der Waals surface area contributed by atoms with E-state index >= 15 is 8.78 Å². The molecule has 0 aliphatic rings. The normalized spacial score (nSPS) is 13.4. The van der Waals surface area contributed by atoms with Crippen LogP contribution in [-0.4, -0.2) is 70.5 Å². The Labute approximate surface area is 192 Å². The van der Waals surface area contributed by atoms with Gasteiger partial charge >= 0.3 is 6.18 Å². The van der Waals surface area contributed by atoms with Crippen molar-refractivity contribution >= 4 is 28.9 Å². The minimum atomic E-state index is -4.64. The van der Waals surface area contributed by atoms with E-state index in [-0.39, 0.29) is 17.3 Å². The van der Waals surface area contributed by atoms with Crippen LogP contribution in [0, 0.1) is 11.6 Å². The van der Waals surface area contributed by atoms with Gasteiger partial charge in [0, 0.05) is 18.7 Å². The maximum absolute atomic E-state index is 15.1. The average Bonchev–Trinajstić information content (AvgIpc) is 3.13. The highest BCUT2D eigenvalue weighted by molar-refractivity contribution is 6.33. The fraction of sp³-hybridized carbons (Fsp3) is 0.450. The van der Waals surface area contributed by atoms with Crippen molar-refractivity contribution in [3.05, 3.63) is 35.2 Å². The molecule has 2 N–H and O–H groups in total. The number of alkyl halides is 3. The Bertz CT molecular complexity index is 1120. The molecule has 0 bridgehead atoms. The fourth-order valence-electron chi connectivity index (χ4n) is 3.16. The molecule has 1 unspecified atom stereocenters. The largest absolute Gasteiger partial charge is 0.408 e. The van der Waals surface area contributed by atoms with Crippen LogP contribution in [0.5, 0.6) is 0 Å². The lowest BCUT2D eigenvalue weighted by atomic mass is 10.0. The Hall–Kier alpha value is -2.73. The van der Waals surface area contributed by atoms with Gasteiger partial charge < -0.3 is 15.1 Å². The van der Waals surface area contributed by atoms with E-state index in [0.717, 1.165) is 47.3 Å². The molecule has 33 heavy (non-hydrogen) atoms. The summed E-state index contributed by atoms with van der Waals surface area (Å²) in [6.07, 6.45) is -2.84. The van der Waals surface area contributed by atoms with Crippen LogP contribution in [0.2, 0.25) is 5.15 Å². The summed E-state index contributed by atoms with van der Waals surface area (Å²) in [5.41, 5.74) is -0.824. The predicted molar refractivity (Wildman–Crippen MR) is 116 cm³/mol. The molecule has 1 aromatic carbocycles. The summed E-state index contributed by atoms with van der Waals surface area (Å²) >= 11 is 6.16. The molecule has 2 aromatic heterocycles. The smallest absolute Gasteiger partial charge is 0.385 e. The van der Waals surface area contributed by atoms with Crippen LogP contribution in [0.4, 0.5) is 33.5 Å². The molecule has 0 fully saturated rings. The van der Waals surface area contributed by atoms with E-state index in [2.05, 4.69) is 25.7 Å². The Balaban J connectivity index is 2.02. The number of quaternary nitrogens is 1. The second-order valence-electron chi connectivity index (χ2n) is 8.61. The second kappa shape index (κ2) is 9.26. The van der Waals surface area contributed by atoms with E-state index in [0.29, 0.717) is 6.54 Å². The van der Waals surface area contributed by atoms with Crippen LogP contribution < -0.4 is 10.6 Å². The Morgan fingerprint density at radius 2 is 1.76 bits per heavy atom. The zero-order chi connectivity index (χ0) is 24.6. The van der Waals surface area contributed by atoms with Gasteiger partial charge in [0.25, 0.3) is 5.78 Å². The Kier molecular flexibility index (Phi) is 6.99. The number of nitrogens with one attached hydrogen (secondary N) is 2. The third-order valence-electron chi connectivity index (χ3n) is 4.85. The minimum Gasteiger partial charge on any atom is -0.385 e. The molecule has 0 saturated carbocycles. The summed E-state index contributed by atoms with van der Waals surface area (Å²) in [7, 11) is 6.09. The lowest BCUT2D eigenvalue weighted by Crippen LogP contribution is -2.36. The van der Waals surface area contributed by atoms with Gasteiger partial charge in [0.15, 0.2) is 0 Å². The van der Waals surface area contributed by atoms with Crippen molar-refractivity contribution in [2.45, 2.75) is 25.6 Å². The molecule has 0 radical (unpaired) electrons. The van der Waals surface area contributed by atoms with Crippen molar-refractivity contribution in [2.24, 2.45) is 0 Å². The molecular weight excluding hydrogens is 469 g/mol. The molecule has 0 aliphatic heterocycles. The molecular formula is C20H24ClF5N7+. The predicted octanol–water partition coefficient (Wildman–Crippen LogP) is 4.59. The molecule has 180 valence electrons. The molecule has 3 aromatic rings. The summed E-state index contributed by atoms with van der Waals surface area (Å²) in [6, 6.07) is 0.0437. The number of nitrogens with zero attached hydrogens (tertiary/aromatic N) is 5. The first kappa shape index (κ1) is 24.9. The van der Waals surface area contributed by atoms with Crippen LogP contribution in [-0.2, 0) is 0 Å². The molecule has 2 heterocycles. The maximum atomic E-state index is 15.1. The second-order valence-corrected chi connectivity index (χ2v) is 8.97. The van der Waals surface area contributed by atoms with E-state index in [1.165, 1.54) is 0 Å². The van der Waals surface area contributed by atoms with Crippen molar-refractivity contribution in [1.82, 2.24) is 19.6 Å². The van der Waals surface area contributed by atoms with Crippen LogP contribution in [0.15, 0.2) is 18.5 Å². The number of benzene rings is 1. The topological polar surface area (TPSA) is 67.1 Å². The fourth-order valence-corrected chi connectivity index (χ4v) is 3.42. The number of hydrogen-bond acceptors (Lipinski definition) is 5. The molecule has 0 spiro atoms. The SMILES string of the molecule is CC(Nc1c(-c2c(F)cc(NCCC[N+](C)(C)C)cc2F)c(Cl)nc2ncnn12)C(F)(F)F. The zero-order valence-corrected chi connectivity index (χ0v) is 19.2. The first-order valence-electron chi connectivity index (χ1n) is 10.0. The number of rotatable bonds is 8. The van der Waals surface area contributed by atoms with Gasteiger partial charge in [-0.25, -0.2) is 8.78 Å². The van der Waals surface area contributed by atoms with Crippen molar-refractivity contribution in [3.63, 3.8) is 0 Å². The first-order chi connectivity index (χ1) is 15.3. The quantitative estimate of drug-likeness (QED) is 0.208. The monoisotopic (exact) mass is 492 g/mol. The number of hydrogen-bond donors (Lipinski definition) is 2. The maximum Gasteiger partial charge on any atom is 0.408 e. The third-order valence-corrected chi connectivity index (χ3v) is 5.13. The lowest BCUT2D eigenvalue weighted by molar-refractivity contribution is -0.870. The molecule has 7 nitrogen and oxygen atoms in total. The van der Waals surface area contributed by atoms with Gasteiger partial charge in [-0.05, 0) is 19.1 Å². The molecule has 0 amide bonds. The molecule has 13 heteroatoms. The van der Waals surface area contributed by atoms with Crippen LogP contribution in [0.1, 0.15) is 13.3 Å². The lowest BCUT2D eigenvalue weighted by Gasteiger charge is -2.24. The first-order valence-corrected chi connectivity index (χ1v) is 10.4. The summed E-state index contributed by atoms with van der Waals surface area (Å²) in [6.45, 7) is 2.19. The number of halogens is 6. The number of aromatic nitrogens is 4. The van der Waals surface area contributed by atoms with E-state index in [4.69, 9.17) is 11.6 Å². The highest BCUT2D eigenvalue weighted by Gasteiger charge is 2.37. The third kappa shape index (κ3) is 5.80. The average molecular weight is 493 g/mol. The molecule has 0 saturated heterocycles. The van der Waals surface area contributed by atoms with Crippen molar-refractivity contribution < 1.29 is 26.4 Å². The van der Waals surface area contributed by atoms with Gasteiger partial charge in [-0.3, -0.25) is 0 Å². The summed E-state index contributed by atoms with van der Waals surface area (Å²) in [5, 5.41) is 8.56. The van der Waals surface area contributed by atoms with E-state index in [1.807, 2.05) is 21.1 Å². The Morgan fingerprint density at radius 3 is 2.33 bits per heavy atom. The minimum absolute atomic E-state index is 0.128. The van der Waals surface area contributed by atoms with E-state index in [9.17, 15) is 13.2 Å². The number of anilines is 2. The van der Waals surface area contributed by atoms with Gasteiger partial charge in [-0.2, -0.15) is 32.8 Å². The van der Waals surface area contributed by atoms with Crippen molar-refractivity contribution in [1.29, 1.82) is 0 Å². The molecule has 1 atom stereocenters. The summed E-state index contributed by atoms with van der Waals surface area (Å²) in [5.74, 6) is -2.55. The van der Waals surface area contributed by atoms with Crippen molar-refractivity contribution in [2.75, 3.05) is 44.9 Å². The molecule has 0 aliphatic carbocycles. The van der Waals surface area contributed by atoms with E-state index in [1.54, 1.807) is 0 Å². The number of fused-ring (bicyclic) bond motifs is 1. The van der Waals surface area contributed by atoms with Gasteiger partial charge in [0.05, 0.1) is 38.8 Å². The summed E-state index contributed by atoms with van der Waals surface area (Å²) < 4.78 is 71.5. The standard InChI is InChI=1S/C20H24ClF5N7/c1-11(20(24,25)26)30-18-16(17(21)31-19-28-10-29-32(18)19)15-13(22)8-12(9-14(15)23)27-6-5-7-33(2,3)4/h8-11,27,30H,5-7H2,1-4H3/q+1. The van der Waals surface area contributed by atoms with Gasteiger partial charge in [-0.1, -0.05) is 11.6 Å².